The Morgan fingerprint density at radius 2 is 1.90 bits per heavy atom. The van der Waals surface area contributed by atoms with Crippen LogP contribution in [0.3, 0.4) is 0 Å². The molecule has 0 aromatic carbocycles. The molecule has 1 heterocycles. The van der Waals surface area contributed by atoms with E-state index in [0.29, 0.717) is 12.5 Å². The van der Waals surface area contributed by atoms with Crippen molar-refractivity contribution in [2.45, 2.75) is 84.0 Å². The van der Waals surface area contributed by atoms with E-state index in [9.17, 15) is 5.26 Å². The summed E-state index contributed by atoms with van der Waals surface area (Å²) < 4.78 is 12.3. The first-order valence-electron chi connectivity index (χ1n) is 8.44. The van der Waals surface area contributed by atoms with E-state index in [4.69, 9.17) is 9.47 Å². The van der Waals surface area contributed by atoms with Gasteiger partial charge >= 0.3 is 0 Å². The van der Waals surface area contributed by atoms with Crippen molar-refractivity contribution in [3.63, 3.8) is 0 Å². The molecule has 3 nitrogen and oxygen atoms in total. The Morgan fingerprint density at radius 3 is 2.50 bits per heavy atom. The van der Waals surface area contributed by atoms with Crippen molar-refractivity contribution in [2.75, 3.05) is 6.61 Å². The molecule has 2 aliphatic rings. The molecular formula is C17H29NO2. The number of rotatable bonds is 5. The summed E-state index contributed by atoms with van der Waals surface area (Å²) in [6, 6.07) is 2.53. The molecule has 2 fully saturated rings. The highest BCUT2D eigenvalue weighted by atomic mass is 16.7. The lowest BCUT2D eigenvalue weighted by atomic mass is 9.77. The normalized spacial score (nSPS) is 35.6. The third-order valence-electron chi connectivity index (χ3n) is 4.92. The summed E-state index contributed by atoms with van der Waals surface area (Å²) in [5.41, 5.74) is -0.421. The molecule has 0 N–H and O–H groups in total. The number of nitriles is 1. The maximum absolute atomic E-state index is 9.66. The number of hydrogen-bond donors (Lipinski definition) is 0. The first-order chi connectivity index (χ1) is 9.75. The molecule has 0 bridgehead atoms. The second-order valence-corrected chi connectivity index (χ2v) is 6.51. The van der Waals surface area contributed by atoms with Crippen molar-refractivity contribution < 1.29 is 9.47 Å². The molecule has 20 heavy (non-hydrogen) atoms. The van der Waals surface area contributed by atoms with E-state index in [1.165, 1.54) is 32.1 Å². The van der Waals surface area contributed by atoms with E-state index >= 15 is 0 Å². The number of nitrogens with zero attached hydrogens (tertiary/aromatic N) is 1. The van der Waals surface area contributed by atoms with Crippen LogP contribution in [0.4, 0.5) is 0 Å². The summed E-state index contributed by atoms with van der Waals surface area (Å²) in [4.78, 5) is 0. The molecule has 3 atom stereocenters. The maximum Gasteiger partial charge on any atom is 0.160 e. The van der Waals surface area contributed by atoms with Crippen LogP contribution in [0.1, 0.15) is 71.6 Å². The smallest absolute Gasteiger partial charge is 0.160 e. The van der Waals surface area contributed by atoms with Crippen molar-refractivity contribution in [2.24, 2.45) is 11.3 Å². The molecule has 2 rings (SSSR count). The number of ether oxygens (including phenoxy) is 2. The van der Waals surface area contributed by atoms with Crippen molar-refractivity contribution in [1.29, 1.82) is 5.26 Å². The van der Waals surface area contributed by atoms with Gasteiger partial charge in [0.1, 0.15) is 5.41 Å². The number of hydrogen-bond acceptors (Lipinski definition) is 3. The monoisotopic (exact) mass is 279 g/mol. The Hall–Kier alpha value is -0.590. The highest BCUT2D eigenvalue weighted by Crippen LogP contribution is 2.41. The summed E-state index contributed by atoms with van der Waals surface area (Å²) in [6.45, 7) is 4.86. The minimum atomic E-state index is -0.421. The molecule has 0 amide bonds. The van der Waals surface area contributed by atoms with Crippen molar-refractivity contribution >= 4 is 0 Å². The van der Waals surface area contributed by atoms with E-state index in [-0.39, 0.29) is 12.4 Å². The van der Waals surface area contributed by atoms with E-state index in [2.05, 4.69) is 19.9 Å². The lowest BCUT2D eigenvalue weighted by molar-refractivity contribution is -0.278. The van der Waals surface area contributed by atoms with Gasteiger partial charge in [-0.2, -0.15) is 5.26 Å². The Morgan fingerprint density at radius 1 is 1.15 bits per heavy atom. The van der Waals surface area contributed by atoms with Crippen LogP contribution in [0.5, 0.6) is 0 Å². The van der Waals surface area contributed by atoms with Gasteiger partial charge in [0.2, 0.25) is 0 Å². The van der Waals surface area contributed by atoms with Gasteiger partial charge in [0.15, 0.2) is 6.29 Å². The molecule has 0 aromatic rings. The molecule has 1 saturated carbocycles. The van der Waals surface area contributed by atoms with E-state index in [1.807, 2.05) is 0 Å². The maximum atomic E-state index is 9.66. The molecule has 0 radical (unpaired) electrons. The summed E-state index contributed by atoms with van der Waals surface area (Å²) in [7, 11) is 0. The molecule has 114 valence electrons. The average molecular weight is 279 g/mol. The largest absolute Gasteiger partial charge is 0.351 e. The molecule has 1 aliphatic heterocycles. The van der Waals surface area contributed by atoms with E-state index in [0.717, 1.165) is 25.7 Å². The van der Waals surface area contributed by atoms with Crippen molar-refractivity contribution in [3.8, 4) is 6.07 Å². The molecule has 1 saturated heterocycles. The molecule has 0 aromatic heterocycles. The zero-order valence-corrected chi connectivity index (χ0v) is 13.1. The summed E-state index contributed by atoms with van der Waals surface area (Å²) >= 11 is 0. The van der Waals surface area contributed by atoms with Gasteiger partial charge in [-0.3, -0.25) is 0 Å². The van der Waals surface area contributed by atoms with Crippen molar-refractivity contribution in [3.05, 3.63) is 0 Å². The Balaban J connectivity index is 2.04. The van der Waals surface area contributed by atoms with Gasteiger partial charge in [0.05, 0.1) is 18.8 Å². The lowest BCUT2D eigenvalue weighted by Gasteiger charge is -2.45. The fraction of sp³-hybridized carbons (Fsp3) is 0.941. The Bertz CT molecular complexity index is 332. The SMILES string of the molecule is CCCC1OC(C2CCCCC2)OCC1(C#N)CCC. The predicted octanol–water partition coefficient (Wildman–Crippen LogP) is 4.42. The first kappa shape index (κ1) is 15.8. The van der Waals surface area contributed by atoms with Crippen molar-refractivity contribution in [1.82, 2.24) is 0 Å². The second kappa shape index (κ2) is 7.43. The topological polar surface area (TPSA) is 42.2 Å². The fourth-order valence-electron chi connectivity index (χ4n) is 3.75. The van der Waals surface area contributed by atoms with Crippen LogP contribution >= 0.6 is 0 Å². The van der Waals surface area contributed by atoms with Gasteiger partial charge in [0, 0.05) is 5.92 Å². The van der Waals surface area contributed by atoms with Crippen LogP contribution in [0.25, 0.3) is 0 Å². The second-order valence-electron chi connectivity index (χ2n) is 6.51. The zero-order valence-electron chi connectivity index (χ0n) is 13.1. The molecule has 3 unspecified atom stereocenters. The third-order valence-corrected chi connectivity index (χ3v) is 4.92. The molecular weight excluding hydrogens is 250 g/mol. The molecule has 1 aliphatic carbocycles. The molecule has 3 heteroatoms. The highest BCUT2D eigenvalue weighted by molar-refractivity contribution is 5.06. The lowest BCUT2D eigenvalue weighted by Crippen LogP contribution is -2.50. The summed E-state index contributed by atoms with van der Waals surface area (Å²) in [5, 5.41) is 9.66. The fourth-order valence-corrected chi connectivity index (χ4v) is 3.75. The zero-order chi connectivity index (χ0) is 14.4. The van der Waals surface area contributed by atoms with Crippen LogP contribution in [-0.4, -0.2) is 19.0 Å². The first-order valence-corrected chi connectivity index (χ1v) is 8.44. The van der Waals surface area contributed by atoms with Gasteiger partial charge in [-0.05, 0) is 25.7 Å². The van der Waals surface area contributed by atoms with Crippen LogP contribution in [0.15, 0.2) is 0 Å². The summed E-state index contributed by atoms with van der Waals surface area (Å²) in [5.74, 6) is 0.543. The van der Waals surface area contributed by atoms with Gasteiger partial charge in [0.25, 0.3) is 0 Å². The minimum Gasteiger partial charge on any atom is -0.351 e. The van der Waals surface area contributed by atoms with E-state index in [1.54, 1.807) is 0 Å². The molecule has 0 spiro atoms. The Labute approximate surface area is 123 Å². The van der Waals surface area contributed by atoms with Crippen LogP contribution < -0.4 is 0 Å². The van der Waals surface area contributed by atoms with E-state index < -0.39 is 5.41 Å². The van der Waals surface area contributed by atoms with Gasteiger partial charge in [-0.25, -0.2) is 0 Å². The van der Waals surface area contributed by atoms with Gasteiger partial charge < -0.3 is 9.47 Å². The summed E-state index contributed by atoms with van der Waals surface area (Å²) in [6.07, 6.45) is 10.3. The predicted molar refractivity (Wildman–Crippen MR) is 79.1 cm³/mol. The minimum absolute atomic E-state index is 0.0538. The Kier molecular flexibility index (Phi) is 5.86. The third kappa shape index (κ3) is 3.35. The highest BCUT2D eigenvalue weighted by Gasteiger charge is 2.46. The van der Waals surface area contributed by atoms with Gasteiger partial charge in [-0.1, -0.05) is 46.0 Å². The average Bonchev–Trinajstić information content (AvgIpc) is 2.50. The van der Waals surface area contributed by atoms with Gasteiger partial charge in [-0.15, -0.1) is 0 Å². The van der Waals surface area contributed by atoms with Crippen LogP contribution in [0, 0.1) is 22.7 Å². The van der Waals surface area contributed by atoms with Crippen LogP contribution in [-0.2, 0) is 9.47 Å². The standard InChI is InChI=1S/C17H29NO2/c1-3-8-15-17(12-18,11-4-2)13-19-16(20-15)14-9-6-5-7-10-14/h14-16H,3-11,13H2,1-2H3. The van der Waals surface area contributed by atoms with Crippen LogP contribution in [0.2, 0.25) is 0 Å². The quantitative estimate of drug-likeness (QED) is 0.748.